The fourth-order valence-corrected chi connectivity index (χ4v) is 8.17. The summed E-state index contributed by atoms with van der Waals surface area (Å²) in [5.74, 6) is 0.296. The van der Waals surface area contributed by atoms with Gasteiger partial charge in [-0.1, -0.05) is 140 Å². The van der Waals surface area contributed by atoms with Gasteiger partial charge in [-0.2, -0.15) is 0 Å². The number of benzene rings is 9. The highest BCUT2D eigenvalue weighted by atomic mass is 19.1. The van der Waals surface area contributed by atoms with Crippen molar-refractivity contribution in [3.8, 4) is 67.3 Å². The van der Waals surface area contributed by atoms with E-state index in [9.17, 15) is 4.39 Å². The molecule has 4 heteroatoms. The van der Waals surface area contributed by atoms with Crippen molar-refractivity contribution in [2.24, 2.45) is 0 Å². The molecule has 0 saturated carbocycles. The molecule has 2 aromatic heterocycles. The van der Waals surface area contributed by atoms with E-state index in [1.54, 1.807) is 12.1 Å². The topological polar surface area (TPSA) is 38.9 Å². The maximum Gasteiger partial charge on any atom is 0.160 e. The lowest BCUT2D eigenvalue weighted by molar-refractivity contribution is 0.628. The van der Waals surface area contributed by atoms with E-state index in [1.165, 1.54) is 22.9 Å². The first-order valence-electron chi connectivity index (χ1n) is 19.4. The third-order valence-corrected chi connectivity index (χ3v) is 11.1. The second-order valence-electron chi connectivity index (χ2n) is 14.7. The van der Waals surface area contributed by atoms with E-state index < -0.39 is 0 Å². The highest BCUT2D eigenvalue weighted by Crippen LogP contribution is 2.42. The Morgan fingerprint density at radius 2 is 0.931 bits per heavy atom. The van der Waals surface area contributed by atoms with E-state index in [2.05, 4.69) is 164 Å². The molecule has 11 rings (SSSR count). The molecule has 0 N–H and O–H groups in total. The molecule has 0 amide bonds. The van der Waals surface area contributed by atoms with Crippen LogP contribution in [0.3, 0.4) is 0 Å². The van der Waals surface area contributed by atoms with Crippen LogP contribution in [-0.2, 0) is 0 Å². The minimum absolute atomic E-state index is 0.291. The highest BCUT2D eigenvalue weighted by molar-refractivity contribution is 6.19. The Kier molecular flexibility index (Phi) is 8.00. The van der Waals surface area contributed by atoms with Gasteiger partial charge < -0.3 is 4.42 Å². The molecule has 0 aliphatic heterocycles. The number of halogens is 1. The van der Waals surface area contributed by atoms with Crippen molar-refractivity contribution >= 4 is 43.5 Å². The second kappa shape index (κ2) is 13.8. The molecule has 9 aromatic carbocycles. The fourth-order valence-electron chi connectivity index (χ4n) is 8.17. The maximum atomic E-state index is 14.1. The summed E-state index contributed by atoms with van der Waals surface area (Å²) in [5, 5.41) is 6.72. The Morgan fingerprint density at radius 1 is 0.345 bits per heavy atom. The van der Waals surface area contributed by atoms with E-state index in [0.717, 1.165) is 94.2 Å². The number of furan rings is 1. The fraction of sp³-hybridized carbons (Fsp3) is 0. The molecule has 0 aliphatic carbocycles. The van der Waals surface area contributed by atoms with Crippen LogP contribution in [0.2, 0.25) is 0 Å². The lowest BCUT2D eigenvalue weighted by Gasteiger charge is -2.12. The highest BCUT2D eigenvalue weighted by Gasteiger charge is 2.17. The van der Waals surface area contributed by atoms with E-state index in [0.29, 0.717) is 5.82 Å². The average Bonchev–Trinajstić information content (AvgIpc) is 3.67. The van der Waals surface area contributed by atoms with Gasteiger partial charge in [0.15, 0.2) is 5.82 Å². The zero-order chi connectivity index (χ0) is 38.6. The minimum Gasteiger partial charge on any atom is -0.455 e. The Balaban J connectivity index is 1.04. The molecule has 0 unspecified atom stereocenters. The summed E-state index contributed by atoms with van der Waals surface area (Å²) in [7, 11) is 0. The van der Waals surface area contributed by atoms with Gasteiger partial charge in [-0.15, -0.1) is 0 Å². The van der Waals surface area contributed by atoms with Gasteiger partial charge >= 0.3 is 0 Å². The van der Waals surface area contributed by atoms with Gasteiger partial charge in [0.2, 0.25) is 0 Å². The normalized spacial score (nSPS) is 11.5. The Hall–Kier alpha value is -7.69. The molecule has 3 nitrogen and oxygen atoms in total. The number of aromatic nitrogens is 2. The third kappa shape index (κ3) is 5.99. The zero-order valence-electron chi connectivity index (χ0n) is 31.2. The Labute approximate surface area is 334 Å². The summed E-state index contributed by atoms with van der Waals surface area (Å²) < 4.78 is 20.7. The predicted molar refractivity (Wildman–Crippen MR) is 237 cm³/mol. The second-order valence-corrected chi connectivity index (χ2v) is 14.7. The van der Waals surface area contributed by atoms with E-state index in [1.807, 2.05) is 12.1 Å². The van der Waals surface area contributed by atoms with Crippen LogP contribution in [0, 0.1) is 5.82 Å². The van der Waals surface area contributed by atoms with Crippen molar-refractivity contribution in [2.45, 2.75) is 0 Å². The zero-order valence-corrected chi connectivity index (χ0v) is 31.2. The summed E-state index contributed by atoms with van der Waals surface area (Å²) >= 11 is 0. The molecule has 11 aromatic rings. The molecule has 0 saturated heterocycles. The number of rotatable bonds is 6. The van der Waals surface area contributed by atoms with E-state index in [4.69, 9.17) is 14.4 Å². The number of hydrogen-bond acceptors (Lipinski definition) is 3. The number of fused-ring (bicyclic) bond motifs is 6. The number of hydrogen-bond donors (Lipinski definition) is 0. The summed E-state index contributed by atoms with van der Waals surface area (Å²) in [6.07, 6.45) is 0. The molecule has 0 radical (unpaired) electrons. The Bertz CT molecular complexity index is 3330. The molecule has 0 bridgehead atoms. The monoisotopic (exact) mass is 744 g/mol. The quantitative estimate of drug-likeness (QED) is 0.170. The van der Waals surface area contributed by atoms with Gasteiger partial charge in [-0.25, -0.2) is 14.4 Å². The van der Waals surface area contributed by atoms with Crippen LogP contribution in [0.4, 0.5) is 4.39 Å². The van der Waals surface area contributed by atoms with Crippen molar-refractivity contribution in [1.29, 1.82) is 0 Å². The first-order chi connectivity index (χ1) is 28.6. The number of nitrogens with zero attached hydrogens (tertiary/aromatic N) is 2. The molecule has 58 heavy (non-hydrogen) atoms. The molecule has 0 spiro atoms. The largest absolute Gasteiger partial charge is 0.455 e. The van der Waals surface area contributed by atoms with Crippen molar-refractivity contribution in [1.82, 2.24) is 9.97 Å². The van der Waals surface area contributed by atoms with Crippen molar-refractivity contribution < 1.29 is 8.81 Å². The molecular weight excluding hydrogens is 712 g/mol. The van der Waals surface area contributed by atoms with Crippen LogP contribution >= 0.6 is 0 Å². The molecule has 0 fully saturated rings. The Morgan fingerprint density at radius 3 is 1.72 bits per heavy atom. The van der Waals surface area contributed by atoms with Gasteiger partial charge in [0.05, 0.1) is 11.4 Å². The van der Waals surface area contributed by atoms with Crippen molar-refractivity contribution in [2.75, 3.05) is 0 Å². The first-order valence-corrected chi connectivity index (χ1v) is 19.4. The van der Waals surface area contributed by atoms with Crippen LogP contribution in [0.1, 0.15) is 0 Å². The minimum atomic E-state index is -0.291. The average molecular weight is 745 g/mol. The van der Waals surface area contributed by atoms with Crippen LogP contribution in [-0.4, -0.2) is 9.97 Å². The van der Waals surface area contributed by atoms with Crippen LogP contribution in [0.15, 0.2) is 205 Å². The van der Waals surface area contributed by atoms with Crippen LogP contribution < -0.4 is 0 Å². The lowest BCUT2D eigenvalue weighted by atomic mass is 9.94. The molecular formula is C54H33FN2O. The summed E-state index contributed by atoms with van der Waals surface area (Å²) in [5.41, 5.74) is 12.6. The van der Waals surface area contributed by atoms with E-state index in [-0.39, 0.29) is 5.82 Å². The summed E-state index contributed by atoms with van der Waals surface area (Å²) in [6.45, 7) is 0. The molecule has 0 aliphatic rings. The third-order valence-electron chi connectivity index (χ3n) is 11.1. The van der Waals surface area contributed by atoms with Gasteiger partial charge in [0.25, 0.3) is 0 Å². The van der Waals surface area contributed by atoms with Crippen molar-refractivity contribution in [3.05, 3.63) is 206 Å². The molecule has 272 valence electrons. The molecule has 0 atom stereocenters. The predicted octanol–water partition coefficient (Wildman–Crippen LogP) is 14.8. The lowest BCUT2D eigenvalue weighted by Crippen LogP contribution is -1.96. The van der Waals surface area contributed by atoms with Gasteiger partial charge in [0, 0.05) is 32.8 Å². The van der Waals surface area contributed by atoms with Crippen LogP contribution in [0.25, 0.3) is 111 Å². The van der Waals surface area contributed by atoms with Crippen molar-refractivity contribution in [3.63, 3.8) is 0 Å². The molecule has 2 heterocycles. The van der Waals surface area contributed by atoms with E-state index >= 15 is 0 Å². The summed E-state index contributed by atoms with van der Waals surface area (Å²) in [4.78, 5) is 10.3. The maximum absolute atomic E-state index is 14.1. The first kappa shape index (κ1) is 33.6. The van der Waals surface area contributed by atoms with Gasteiger partial charge in [-0.05, 0) is 110 Å². The van der Waals surface area contributed by atoms with Gasteiger partial charge in [-0.3, -0.25) is 0 Å². The summed E-state index contributed by atoms with van der Waals surface area (Å²) in [6, 6.07) is 67.9. The SMILES string of the molecule is Fc1ccc(-c2cc(-c3ccc(-c4ccc5ccccc5c4)cc3)nc(-c3cccc(-c4cc5c6cc(-c7ccccc7)ccc6oc5c5ccccc45)c3)n2)cc1. The van der Waals surface area contributed by atoms with Gasteiger partial charge in [0.1, 0.15) is 17.0 Å². The standard InChI is InChI=1S/C54H33FN2O/c55-44-26-23-38(24-27-44)51-33-50(37-20-17-36(18-21-37)40-22-19-35-11-4-5-12-39(35)29-40)56-54(57-51)43-14-8-13-42(30-43)47-32-49-48-31-41(34-9-2-1-3-10-34)25-28-52(48)58-53(49)46-16-7-6-15-45(46)47/h1-33H. The smallest absolute Gasteiger partial charge is 0.160 e. The van der Waals surface area contributed by atoms with Crippen LogP contribution in [0.5, 0.6) is 0 Å².